The van der Waals surface area contributed by atoms with Gasteiger partial charge in [-0.3, -0.25) is 0 Å². The number of aromatic hydroxyl groups is 2. The van der Waals surface area contributed by atoms with Crippen molar-refractivity contribution in [3.63, 3.8) is 0 Å². The van der Waals surface area contributed by atoms with E-state index in [2.05, 4.69) is 0 Å². The molecule has 2 aromatic carbocycles. The summed E-state index contributed by atoms with van der Waals surface area (Å²) in [5.41, 5.74) is 1.95. The third-order valence-electron chi connectivity index (χ3n) is 3.73. The molecule has 2 rings (SSSR count). The predicted octanol–water partition coefficient (Wildman–Crippen LogP) is 3.30. The van der Waals surface area contributed by atoms with Crippen molar-refractivity contribution < 1.29 is 24.4 Å². The van der Waals surface area contributed by atoms with Gasteiger partial charge in [0.25, 0.3) is 0 Å². The molecule has 0 radical (unpaired) electrons. The fraction of sp³-hybridized carbons (Fsp3) is 0.333. The van der Waals surface area contributed by atoms with Crippen molar-refractivity contribution in [2.24, 2.45) is 0 Å². The number of rotatable bonds is 7. The lowest BCUT2D eigenvalue weighted by atomic mass is 10.0. The predicted molar refractivity (Wildman–Crippen MR) is 87.9 cm³/mol. The SMILES string of the molecule is COc1ccc(CCCc2c(OC)cc(O)cc2OC)cc1O. The van der Waals surface area contributed by atoms with E-state index >= 15 is 0 Å². The zero-order valence-corrected chi connectivity index (χ0v) is 13.6. The van der Waals surface area contributed by atoms with E-state index < -0.39 is 0 Å². The molecule has 0 aliphatic heterocycles. The maximum Gasteiger partial charge on any atom is 0.160 e. The molecule has 0 aliphatic rings. The summed E-state index contributed by atoms with van der Waals surface area (Å²) in [6.45, 7) is 0. The quantitative estimate of drug-likeness (QED) is 0.820. The maximum atomic E-state index is 9.81. The lowest BCUT2D eigenvalue weighted by molar-refractivity contribution is 0.372. The fourth-order valence-corrected chi connectivity index (χ4v) is 2.58. The minimum absolute atomic E-state index is 0.113. The summed E-state index contributed by atoms with van der Waals surface area (Å²) in [5, 5.41) is 19.5. The van der Waals surface area contributed by atoms with Crippen molar-refractivity contribution in [3.05, 3.63) is 41.5 Å². The van der Waals surface area contributed by atoms with Crippen molar-refractivity contribution in [2.75, 3.05) is 21.3 Å². The van der Waals surface area contributed by atoms with Crippen LogP contribution in [0, 0.1) is 0 Å². The van der Waals surface area contributed by atoms with E-state index in [1.165, 1.54) is 7.11 Å². The molecule has 2 aromatic rings. The molecule has 0 aliphatic carbocycles. The van der Waals surface area contributed by atoms with Crippen molar-refractivity contribution in [1.82, 2.24) is 0 Å². The van der Waals surface area contributed by atoms with Crippen LogP contribution in [0.4, 0.5) is 0 Å². The molecule has 0 bridgehead atoms. The first-order chi connectivity index (χ1) is 11.1. The van der Waals surface area contributed by atoms with Crippen LogP contribution >= 0.6 is 0 Å². The molecular weight excluding hydrogens is 296 g/mol. The molecule has 124 valence electrons. The third-order valence-corrected chi connectivity index (χ3v) is 3.73. The normalized spacial score (nSPS) is 10.4. The van der Waals surface area contributed by atoms with Crippen LogP contribution < -0.4 is 14.2 Å². The standard InChI is InChI=1S/C18H22O5/c1-21-16-8-7-12(9-15(16)20)5-4-6-14-17(22-2)10-13(19)11-18(14)23-3/h7-11,19-20H,4-6H2,1-3H3. The zero-order valence-electron chi connectivity index (χ0n) is 13.6. The Bertz CT molecular complexity index is 641. The Morgan fingerprint density at radius 3 is 1.91 bits per heavy atom. The number of methoxy groups -OCH3 is 3. The highest BCUT2D eigenvalue weighted by Crippen LogP contribution is 2.35. The fourth-order valence-electron chi connectivity index (χ4n) is 2.58. The molecule has 0 fully saturated rings. The second kappa shape index (κ2) is 7.63. The van der Waals surface area contributed by atoms with E-state index in [4.69, 9.17) is 14.2 Å². The van der Waals surface area contributed by atoms with Crippen LogP contribution in [0.2, 0.25) is 0 Å². The molecule has 0 atom stereocenters. The van der Waals surface area contributed by atoms with E-state index in [0.29, 0.717) is 17.2 Å². The molecule has 0 amide bonds. The topological polar surface area (TPSA) is 68.2 Å². The number of hydrogen-bond acceptors (Lipinski definition) is 5. The van der Waals surface area contributed by atoms with Gasteiger partial charge in [0.05, 0.1) is 21.3 Å². The number of benzene rings is 2. The van der Waals surface area contributed by atoms with Gasteiger partial charge in [-0.15, -0.1) is 0 Å². The summed E-state index contributed by atoms with van der Waals surface area (Å²) in [4.78, 5) is 0. The smallest absolute Gasteiger partial charge is 0.160 e. The lowest BCUT2D eigenvalue weighted by Crippen LogP contribution is -1.98. The number of aryl methyl sites for hydroxylation is 1. The molecule has 0 saturated heterocycles. The first kappa shape index (κ1) is 16.8. The van der Waals surface area contributed by atoms with Crippen molar-refractivity contribution in [2.45, 2.75) is 19.3 Å². The van der Waals surface area contributed by atoms with Gasteiger partial charge in [-0.05, 0) is 37.0 Å². The summed E-state index contributed by atoms with van der Waals surface area (Å²) < 4.78 is 15.7. The Hall–Kier alpha value is -2.56. The average Bonchev–Trinajstić information content (AvgIpc) is 2.55. The van der Waals surface area contributed by atoms with Crippen LogP contribution in [-0.4, -0.2) is 31.5 Å². The molecule has 5 nitrogen and oxygen atoms in total. The van der Waals surface area contributed by atoms with Gasteiger partial charge < -0.3 is 24.4 Å². The molecular formula is C18H22O5. The Balaban J connectivity index is 2.08. The summed E-state index contributed by atoms with van der Waals surface area (Å²) in [6.07, 6.45) is 2.38. The summed E-state index contributed by atoms with van der Waals surface area (Å²) in [7, 11) is 4.66. The minimum atomic E-state index is 0.113. The lowest BCUT2D eigenvalue weighted by Gasteiger charge is -2.14. The van der Waals surface area contributed by atoms with Gasteiger partial charge in [0, 0.05) is 17.7 Å². The van der Waals surface area contributed by atoms with E-state index in [9.17, 15) is 10.2 Å². The van der Waals surface area contributed by atoms with Gasteiger partial charge in [-0.1, -0.05) is 6.07 Å². The van der Waals surface area contributed by atoms with Gasteiger partial charge >= 0.3 is 0 Å². The Kier molecular flexibility index (Phi) is 5.57. The van der Waals surface area contributed by atoms with Crippen molar-refractivity contribution in [3.8, 4) is 28.7 Å². The number of ether oxygens (including phenoxy) is 3. The van der Waals surface area contributed by atoms with Gasteiger partial charge in [0.1, 0.15) is 17.2 Å². The average molecular weight is 318 g/mol. The monoisotopic (exact) mass is 318 g/mol. The van der Waals surface area contributed by atoms with E-state index in [-0.39, 0.29) is 11.5 Å². The van der Waals surface area contributed by atoms with E-state index in [1.807, 2.05) is 6.07 Å². The summed E-state index contributed by atoms with van der Waals surface area (Å²) in [5.74, 6) is 1.95. The first-order valence-corrected chi connectivity index (χ1v) is 7.38. The third kappa shape index (κ3) is 4.00. The van der Waals surface area contributed by atoms with Gasteiger partial charge in [-0.2, -0.15) is 0 Å². The minimum Gasteiger partial charge on any atom is -0.508 e. The number of hydrogen-bond donors (Lipinski definition) is 2. The largest absolute Gasteiger partial charge is 0.508 e. The molecule has 0 saturated carbocycles. The van der Waals surface area contributed by atoms with Crippen LogP contribution in [0.1, 0.15) is 17.5 Å². The first-order valence-electron chi connectivity index (χ1n) is 7.38. The van der Waals surface area contributed by atoms with Crippen molar-refractivity contribution in [1.29, 1.82) is 0 Å². The molecule has 0 heterocycles. The molecule has 23 heavy (non-hydrogen) atoms. The van der Waals surface area contributed by atoms with Crippen LogP contribution in [0.25, 0.3) is 0 Å². The van der Waals surface area contributed by atoms with Crippen LogP contribution in [0.3, 0.4) is 0 Å². The Morgan fingerprint density at radius 1 is 0.783 bits per heavy atom. The summed E-state index contributed by atoms with van der Waals surface area (Å²) in [6, 6.07) is 8.56. The maximum absolute atomic E-state index is 9.81. The van der Waals surface area contributed by atoms with Gasteiger partial charge in [0.2, 0.25) is 0 Å². The van der Waals surface area contributed by atoms with Crippen molar-refractivity contribution >= 4 is 0 Å². The molecule has 0 spiro atoms. The molecule has 2 N–H and O–H groups in total. The van der Waals surface area contributed by atoms with Gasteiger partial charge in [0.15, 0.2) is 11.5 Å². The zero-order chi connectivity index (χ0) is 16.8. The van der Waals surface area contributed by atoms with Crippen LogP contribution in [0.5, 0.6) is 28.7 Å². The highest BCUT2D eigenvalue weighted by atomic mass is 16.5. The van der Waals surface area contributed by atoms with Crippen LogP contribution in [0.15, 0.2) is 30.3 Å². The molecule has 0 unspecified atom stereocenters. The van der Waals surface area contributed by atoms with E-state index in [1.54, 1.807) is 38.5 Å². The Labute approximate surface area is 136 Å². The van der Waals surface area contributed by atoms with E-state index in [0.717, 1.165) is 30.4 Å². The second-order valence-corrected chi connectivity index (χ2v) is 5.19. The molecule has 5 heteroatoms. The molecule has 0 aromatic heterocycles. The highest BCUT2D eigenvalue weighted by molar-refractivity contribution is 5.50. The number of phenolic OH excluding ortho intramolecular Hbond substituents is 2. The van der Waals surface area contributed by atoms with Crippen LogP contribution in [-0.2, 0) is 12.8 Å². The van der Waals surface area contributed by atoms with Gasteiger partial charge in [-0.25, -0.2) is 0 Å². The summed E-state index contributed by atoms with van der Waals surface area (Å²) >= 11 is 0. The number of phenols is 2. The second-order valence-electron chi connectivity index (χ2n) is 5.19. The Morgan fingerprint density at radius 2 is 1.39 bits per heavy atom. The highest BCUT2D eigenvalue weighted by Gasteiger charge is 2.12.